The van der Waals surface area contributed by atoms with Crippen LogP contribution in [-0.2, 0) is 11.2 Å². The van der Waals surface area contributed by atoms with Gasteiger partial charge in [-0.3, -0.25) is 9.69 Å². The van der Waals surface area contributed by atoms with Crippen LogP contribution in [0.5, 0.6) is 0 Å². The Hall–Kier alpha value is -2.14. The Labute approximate surface area is 125 Å². The van der Waals surface area contributed by atoms with Crippen LogP contribution in [0.4, 0.5) is 0 Å². The first-order chi connectivity index (χ1) is 10.1. The van der Waals surface area contributed by atoms with E-state index in [0.717, 1.165) is 23.2 Å². The summed E-state index contributed by atoms with van der Waals surface area (Å²) in [5, 5.41) is 2.99. The number of aryl methyl sites for hydroxylation is 1. The van der Waals surface area contributed by atoms with Gasteiger partial charge in [0, 0.05) is 24.9 Å². The average molecular weight is 286 g/mol. The number of rotatable bonds is 6. The molecule has 0 bridgehead atoms. The Morgan fingerprint density at radius 1 is 1.43 bits per heavy atom. The molecule has 112 valence electrons. The minimum atomic E-state index is -0.272. The van der Waals surface area contributed by atoms with Gasteiger partial charge in [-0.05, 0) is 26.6 Å². The van der Waals surface area contributed by atoms with Gasteiger partial charge in [0.05, 0.1) is 6.33 Å². The molecule has 2 N–H and O–H groups in total. The fraction of sp³-hybridized carbons (Fsp3) is 0.375. The maximum atomic E-state index is 12.4. The van der Waals surface area contributed by atoms with E-state index >= 15 is 0 Å². The number of imidazole rings is 1. The van der Waals surface area contributed by atoms with E-state index in [9.17, 15) is 4.79 Å². The molecule has 5 nitrogen and oxygen atoms in total. The van der Waals surface area contributed by atoms with Crippen molar-refractivity contribution in [1.82, 2.24) is 20.2 Å². The quantitative estimate of drug-likeness (QED) is 0.849. The SMILES string of the molecule is Cc1cccc([C@@H](C(=O)NCCc2cnc[nH]2)N(C)C)c1. The maximum absolute atomic E-state index is 12.4. The number of likely N-dealkylation sites (N-methyl/N-ethyl adjacent to an activating group) is 1. The van der Waals surface area contributed by atoms with Crippen molar-refractivity contribution in [2.75, 3.05) is 20.6 Å². The van der Waals surface area contributed by atoms with Crippen molar-refractivity contribution in [2.45, 2.75) is 19.4 Å². The Morgan fingerprint density at radius 3 is 2.86 bits per heavy atom. The van der Waals surface area contributed by atoms with Crippen LogP contribution in [0.25, 0.3) is 0 Å². The summed E-state index contributed by atoms with van der Waals surface area (Å²) in [4.78, 5) is 21.4. The van der Waals surface area contributed by atoms with Crippen LogP contribution in [0.2, 0.25) is 0 Å². The molecule has 2 rings (SSSR count). The number of aromatic nitrogens is 2. The van der Waals surface area contributed by atoms with Gasteiger partial charge in [-0.25, -0.2) is 4.98 Å². The predicted octanol–water partition coefficient (Wildman–Crippen LogP) is 1.68. The summed E-state index contributed by atoms with van der Waals surface area (Å²) in [6, 6.07) is 7.79. The summed E-state index contributed by atoms with van der Waals surface area (Å²) in [6.07, 6.45) is 4.17. The zero-order chi connectivity index (χ0) is 15.2. The molecule has 0 fully saturated rings. The van der Waals surface area contributed by atoms with Crippen LogP contribution >= 0.6 is 0 Å². The first kappa shape index (κ1) is 15.3. The standard InChI is InChI=1S/C16H22N4O/c1-12-5-4-6-13(9-12)15(20(2)3)16(21)18-8-7-14-10-17-11-19-14/h4-6,9-11,15H,7-8H2,1-3H3,(H,17,19)(H,18,21)/t15-/m0/s1. The number of nitrogens with zero attached hydrogens (tertiary/aromatic N) is 2. The predicted molar refractivity (Wildman–Crippen MR) is 82.9 cm³/mol. The monoisotopic (exact) mass is 286 g/mol. The molecule has 5 heteroatoms. The van der Waals surface area contributed by atoms with Gasteiger partial charge >= 0.3 is 0 Å². The van der Waals surface area contributed by atoms with Gasteiger partial charge < -0.3 is 10.3 Å². The summed E-state index contributed by atoms with van der Waals surface area (Å²) in [5.41, 5.74) is 3.19. The number of hydrogen-bond acceptors (Lipinski definition) is 3. The van der Waals surface area contributed by atoms with Crippen molar-refractivity contribution >= 4 is 5.91 Å². The van der Waals surface area contributed by atoms with Crippen LogP contribution in [0, 0.1) is 6.92 Å². The number of H-pyrrole nitrogens is 1. The zero-order valence-corrected chi connectivity index (χ0v) is 12.8. The van der Waals surface area contributed by atoms with E-state index in [-0.39, 0.29) is 11.9 Å². The van der Waals surface area contributed by atoms with Crippen molar-refractivity contribution < 1.29 is 4.79 Å². The molecular formula is C16H22N4O. The third-order valence-corrected chi connectivity index (χ3v) is 3.37. The second-order valence-electron chi connectivity index (χ2n) is 5.40. The molecule has 21 heavy (non-hydrogen) atoms. The van der Waals surface area contributed by atoms with Gasteiger partial charge in [-0.2, -0.15) is 0 Å². The molecule has 0 radical (unpaired) electrons. The van der Waals surface area contributed by atoms with Crippen LogP contribution in [0.15, 0.2) is 36.8 Å². The lowest BCUT2D eigenvalue weighted by Gasteiger charge is -2.24. The van der Waals surface area contributed by atoms with Gasteiger partial charge in [-0.1, -0.05) is 29.8 Å². The third kappa shape index (κ3) is 4.16. The van der Waals surface area contributed by atoms with E-state index in [1.807, 2.05) is 44.1 Å². The Kier molecular flexibility index (Phi) is 5.11. The molecule has 1 atom stereocenters. The smallest absolute Gasteiger partial charge is 0.241 e. The molecule has 0 saturated carbocycles. The fourth-order valence-corrected chi connectivity index (χ4v) is 2.36. The molecule has 1 heterocycles. The van der Waals surface area contributed by atoms with E-state index in [1.54, 1.807) is 12.5 Å². The average Bonchev–Trinajstić information content (AvgIpc) is 2.91. The van der Waals surface area contributed by atoms with Gasteiger partial charge in [0.1, 0.15) is 6.04 Å². The molecule has 2 aromatic rings. The lowest BCUT2D eigenvalue weighted by Crippen LogP contribution is -2.38. The highest BCUT2D eigenvalue weighted by Crippen LogP contribution is 2.19. The minimum Gasteiger partial charge on any atom is -0.354 e. The van der Waals surface area contributed by atoms with Gasteiger partial charge in [0.25, 0.3) is 0 Å². The Balaban J connectivity index is 1.99. The lowest BCUT2D eigenvalue weighted by molar-refractivity contribution is -0.125. The molecule has 0 aliphatic carbocycles. The second kappa shape index (κ2) is 7.04. The molecule has 0 spiro atoms. The first-order valence-corrected chi connectivity index (χ1v) is 7.06. The van der Waals surface area contributed by atoms with Crippen molar-refractivity contribution in [2.24, 2.45) is 0 Å². The molecule has 0 aliphatic heterocycles. The number of benzene rings is 1. The van der Waals surface area contributed by atoms with Crippen LogP contribution in [0.3, 0.4) is 0 Å². The van der Waals surface area contributed by atoms with E-state index in [2.05, 4.69) is 21.4 Å². The van der Waals surface area contributed by atoms with Gasteiger partial charge in [-0.15, -0.1) is 0 Å². The second-order valence-corrected chi connectivity index (χ2v) is 5.40. The highest BCUT2D eigenvalue weighted by Gasteiger charge is 2.22. The summed E-state index contributed by atoms with van der Waals surface area (Å²) in [7, 11) is 3.84. The molecular weight excluding hydrogens is 264 g/mol. The van der Waals surface area contributed by atoms with E-state index in [4.69, 9.17) is 0 Å². The molecule has 0 unspecified atom stereocenters. The normalized spacial score (nSPS) is 12.4. The minimum absolute atomic E-state index is 0.0186. The van der Waals surface area contributed by atoms with Crippen LogP contribution < -0.4 is 5.32 Å². The number of aromatic amines is 1. The number of carbonyl (C=O) groups is 1. The number of carbonyl (C=O) groups excluding carboxylic acids is 1. The number of amides is 1. The molecule has 0 saturated heterocycles. The highest BCUT2D eigenvalue weighted by molar-refractivity contribution is 5.83. The van der Waals surface area contributed by atoms with Crippen molar-refractivity contribution in [3.05, 3.63) is 53.6 Å². The molecule has 1 amide bonds. The summed E-state index contributed by atoms with van der Waals surface area (Å²) < 4.78 is 0. The van der Waals surface area contributed by atoms with Crippen molar-refractivity contribution in [3.8, 4) is 0 Å². The topological polar surface area (TPSA) is 61.0 Å². The molecule has 1 aromatic heterocycles. The zero-order valence-electron chi connectivity index (χ0n) is 12.8. The fourth-order valence-electron chi connectivity index (χ4n) is 2.36. The third-order valence-electron chi connectivity index (χ3n) is 3.37. The summed E-state index contributed by atoms with van der Waals surface area (Å²) in [5.74, 6) is 0.0186. The molecule has 0 aliphatic rings. The molecule has 1 aromatic carbocycles. The van der Waals surface area contributed by atoms with E-state index in [1.165, 1.54) is 0 Å². The number of hydrogen-bond donors (Lipinski definition) is 2. The van der Waals surface area contributed by atoms with Gasteiger partial charge in [0.15, 0.2) is 0 Å². The Morgan fingerprint density at radius 2 is 2.24 bits per heavy atom. The van der Waals surface area contributed by atoms with E-state index in [0.29, 0.717) is 6.54 Å². The first-order valence-electron chi connectivity index (χ1n) is 7.06. The number of nitrogens with one attached hydrogen (secondary N) is 2. The summed E-state index contributed by atoms with van der Waals surface area (Å²) in [6.45, 7) is 2.63. The lowest BCUT2D eigenvalue weighted by atomic mass is 10.0. The van der Waals surface area contributed by atoms with Gasteiger partial charge in [0.2, 0.25) is 5.91 Å². The van der Waals surface area contributed by atoms with Crippen LogP contribution in [-0.4, -0.2) is 41.4 Å². The van der Waals surface area contributed by atoms with Crippen LogP contribution in [0.1, 0.15) is 22.9 Å². The highest BCUT2D eigenvalue weighted by atomic mass is 16.2. The van der Waals surface area contributed by atoms with E-state index < -0.39 is 0 Å². The Bertz CT molecular complexity index is 578. The summed E-state index contributed by atoms with van der Waals surface area (Å²) >= 11 is 0. The van der Waals surface area contributed by atoms with Crippen molar-refractivity contribution in [3.63, 3.8) is 0 Å². The maximum Gasteiger partial charge on any atom is 0.241 e. The van der Waals surface area contributed by atoms with Crippen molar-refractivity contribution in [1.29, 1.82) is 0 Å². The largest absolute Gasteiger partial charge is 0.354 e.